The molecular formula is C48H28BN2OS. The van der Waals surface area contributed by atoms with Gasteiger partial charge in [-0.15, -0.1) is 11.3 Å². The number of aromatic nitrogens is 1. The highest BCUT2D eigenvalue weighted by atomic mass is 32.1. The maximum atomic E-state index is 6.92. The van der Waals surface area contributed by atoms with E-state index in [1.54, 1.807) is 0 Å². The number of hydrogen-bond acceptors (Lipinski definition) is 3. The Morgan fingerprint density at radius 2 is 1.30 bits per heavy atom. The van der Waals surface area contributed by atoms with Crippen LogP contribution < -0.4 is 16.2 Å². The van der Waals surface area contributed by atoms with Crippen LogP contribution in [0.2, 0.25) is 0 Å². The molecule has 0 saturated heterocycles. The van der Waals surface area contributed by atoms with Gasteiger partial charge in [0.2, 0.25) is 0 Å². The summed E-state index contributed by atoms with van der Waals surface area (Å²) >= 11 is 1.89. The summed E-state index contributed by atoms with van der Waals surface area (Å²) in [6.45, 7) is 0. The molecule has 0 fully saturated rings. The summed E-state index contributed by atoms with van der Waals surface area (Å²) in [6, 6.07) is 58.9. The van der Waals surface area contributed by atoms with Crippen LogP contribution in [0.1, 0.15) is 0 Å². The van der Waals surface area contributed by atoms with Crippen LogP contribution in [0, 0.1) is 0 Å². The molecule has 245 valence electrons. The number of nitrogens with zero attached hydrogens (tertiary/aromatic N) is 1. The van der Waals surface area contributed by atoms with Gasteiger partial charge in [0.05, 0.1) is 15.9 Å². The number of furan rings is 1. The highest BCUT2D eigenvalue weighted by Crippen LogP contribution is 2.46. The normalized spacial score (nSPS) is 12.3. The minimum Gasteiger partial charge on any atom is -0.455 e. The second kappa shape index (κ2) is 11.0. The van der Waals surface area contributed by atoms with Gasteiger partial charge in [0.15, 0.2) is 7.28 Å². The molecule has 0 unspecified atom stereocenters. The molecule has 1 radical (unpaired) electrons. The Hall–Kier alpha value is -6.56. The molecule has 1 N–H and O–H groups in total. The van der Waals surface area contributed by atoms with E-state index in [9.17, 15) is 0 Å². The highest BCUT2D eigenvalue weighted by molar-refractivity contribution is 7.26. The Bertz CT molecular complexity index is 3280. The van der Waals surface area contributed by atoms with Gasteiger partial charge in [0.25, 0.3) is 0 Å². The summed E-state index contributed by atoms with van der Waals surface area (Å²) in [6.07, 6.45) is 0. The SMILES string of the molecule is [B]1c2c(cc3c(oc4ccccc43)c2-c2ccc3ccccc3c2Nc2ccc(-c3ccccc3)cc2)-n2c3c1cccc3c1sc3ccccc3c12. The zero-order valence-electron chi connectivity index (χ0n) is 28.4. The number of para-hydroxylation sites is 2. The van der Waals surface area contributed by atoms with Crippen LogP contribution in [0.25, 0.3) is 91.9 Å². The largest absolute Gasteiger partial charge is 0.455 e. The molecule has 53 heavy (non-hydrogen) atoms. The van der Waals surface area contributed by atoms with Crippen molar-refractivity contribution < 1.29 is 4.42 Å². The van der Waals surface area contributed by atoms with Crippen molar-refractivity contribution in [2.75, 3.05) is 5.32 Å². The number of anilines is 2. The Morgan fingerprint density at radius 3 is 2.19 bits per heavy atom. The Morgan fingerprint density at radius 1 is 0.566 bits per heavy atom. The van der Waals surface area contributed by atoms with E-state index in [2.05, 4.69) is 181 Å². The van der Waals surface area contributed by atoms with Gasteiger partial charge in [-0.25, -0.2) is 0 Å². The maximum absolute atomic E-state index is 6.92. The van der Waals surface area contributed by atoms with Crippen molar-refractivity contribution in [1.82, 2.24) is 4.57 Å². The number of fused-ring (bicyclic) bond motifs is 11. The maximum Gasteiger partial charge on any atom is 0.198 e. The van der Waals surface area contributed by atoms with Crippen LogP contribution in [-0.2, 0) is 0 Å². The first-order chi connectivity index (χ1) is 26.3. The molecule has 3 nitrogen and oxygen atoms in total. The summed E-state index contributed by atoms with van der Waals surface area (Å²) in [5, 5.41) is 11.1. The van der Waals surface area contributed by atoms with Crippen LogP contribution >= 0.6 is 11.3 Å². The number of nitrogens with one attached hydrogen (secondary N) is 1. The van der Waals surface area contributed by atoms with Crippen LogP contribution in [-0.4, -0.2) is 11.8 Å². The third kappa shape index (κ3) is 4.17. The molecule has 0 saturated carbocycles. The third-order valence-corrected chi connectivity index (χ3v) is 12.2. The monoisotopic (exact) mass is 691 g/mol. The lowest BCUT2D eigenvalue weighted by Crippen LogP contribution is -2.37. The molecule has 0 atom stereocenters. The molecule has 5 heteroatoms. The molecule has 0 amide bonds. The van der Waals surface area contributed by atoms with E-state index in [-0.39, 0.29) is 0 Å². The number of benzene rings is 8. The van der Waals surface area contributed by atoms with E-state index in [1.807, 2.05) is 11.3 Å². The van der Waals surface area contributed by atoms with E-state index in [0.717, 1.165) is 55.3 Å². The molecule has 0 spiro atoms. The van der Waals surface area contributed by atoms with Crippen molar-refractivity contribution in [3.05, 3.63) is 164 Å². The molecular weight excluding hydrogens is 663 g/mol. The summed E-state index contributed by atoms with van der Waals surface area (Å²) in [5.74, 6) is 0. The predicted molar refractivity (Wildman–Crippen MR) is 227 cm³/mol. The van der Waals surface area contributed by atoms with Crippen molar-refractivity contribution in [2.24, 2.45) is 0 Å². The third-order valence-electron chi connectivity index (χ3n) is 11.0. The molecule has 4 heterocycles. The van der Waals surface area contributed by atoms with Gasteiger partial charge in [-0.3, -0.25) is 0 Å². The molecule has 1 aliphatic rings. The average Bonchev–Trinajstić information content (AvgIpc) is 3.88. The standard InChI is InChI=1S/C48H28BN2OS/c1-2-11-28(12-3-1)29-21-24-31(25-22-29)50-44-32-14-5-4-13-30(32)23-26-35(44)42-43-39(27-37-33-15-6-8-19-40(33)52-47(37)42)51-45-36(17-10-18-38(45)49-43)48-46(51)34-16-7-9-20-41(34)53-48/h1-27,50H. The molecule has 11 aromatic rings. The van der Waals surface area contributed by atoms with Crippen molar-refractivity contribution in [1.29, 1.82) is 0 Å². The first-order valence-corrected chi connectivity index (χ1v) is 18.8. The first-order valence-electron chi connectivity index (χ1n) is 18.0. The van der Waals surface area contributed by atoms with E-state index in [0.29, 0.717) is 0 Å². The zero-order chi connectivity index (χ0) is 34.6. The predicted octanol–water partition coefficient (Wildman–Crippen LogP) is 12.1. The van der Waals surface area contributed by atoms with Gasteiger partial charge in [-0.2, -0.15) is 0 Å². The van der Waals surface area contributed by atoms with Crippen LogP contribution in [0.5, 0.6) is 0 Å². The smallest absolute Gasteiger partial charge is 0.198 e. The second-order valence-corrected chi connectivity index (χ2v) is 15.0. The van der Waals surface area contributed by atoms with E-state index in [4.69, 9.17) is 4.42 Å². The minimum atomic E-state index is 0.888. The lowest BCUT2D eigenvalue weighted by molar-refractivity contribution is 0.670. The summed E-state index contributed by atoms with van der Waals surface area (Å²) < 4.78 is 12.1. The molecule has 0 aliphatic carbocycles. The van der Waals surface area contributed by atoms with Gasteiger partial charge >= 0.3 is 0 Å². The van der Waals surface area contributed by atoms with Crippen LogP contribution in [0.4, 0.5) is 11.4 Å². The topological polar surface area (TPSA) is 30.1 Å². The highest BCUT2D eigenvalue weighted by Gasteiger charge is 2.31. The Balaban J connectivity index is 1.17. The Labute approximate surface area is 309 Å². The lowest BCUT2D eigenvalue weighted by Gasteiger charge is -2.25. The zero-order valence-corrected chi connectivity index (χ0v) is 29.2. The fraction of sp³-hybridized carbons (Fsp3) is 0. The second-order valence-electron chi connectivity index (χ2n) is 13.9. The van der Waals surface area contributed by atoms with E-state index < -0.39 is 0 Å². The quantitative estimate of drug-likeness (QED) is 0.186. The number of hydrogen-bond donors (Lipinski definition) is 1. The van der Waals surface area contributed by atoms with E-state index >= 15 is 0 Å². The summed E-state index contributed by atoms with van der Waals surface area (Å²) in [5.41, 5.74) is 14.5. The van der Waals surface area contributed by atoms with Crippen molar-refractivity contribution >= 4 is 105 Å². The van der Waals surface area contributed by atoms with Gasteiger partial charge in [0, 0.05) is 59.6 Å². The fourth-order valence-electron chi connectivity index (χ4n) is 8.65. The number of thiophene rings is 1. The van der Waals surface area contributed by atoms with E-state index in [1.165, 1.54) is 58.9 Å². The lowest BCUT2D eigenvalue weighted by atomic mass is 9.59. The van der Waals surface area contributed by atoms with Crippen LogP contribution in [0.3, 0.4) is 0 Å². The molecule has 3 aromatic heterocycles. The van der Waals surface area contributed by atoms with Gasteiger partial charge in [-0.1, -0.05) is 139 Å². The fourth-order valence-corrected chi connectivity index (χ4v) is 9.86. The van der Waals surface area contributed by atoms with Crippen LogP contribution in [0.15, 0.2) is 168 Å². The number of rotatable bonds is 4. The van der Waals surface area contributed by atoms with Crippen molar-refractivity contribution in [3.63, 3.8) is 0 Å². The first kappa shape index (κ1) is 29.1. The summed E-state index contributed by atoms with van der Waals surface area (Å²) in [7, 11) is 2.39. The van der Waals surface area contributed by atoms with Crippen molar-refractivity contribution in [2.45, 2.75) is 0 Å². The average molecular weight is 692 g/mol. The molecule has 8 aromatic carbocycles. The minimum absolute atomic E-state index is 0.888. The van der Waals surface area contributed by atoms with Crippen molar-refractivity contribution in [3.8, 4) is 27.9 Å². The Kier molecular flexibility index (Phi) is 6.02. The summed E-state index contributed by atoms with van der Waals surface area (Å²) in [4.78, 5) is 0. The molecule has 1 aliphatic heterocycles. The van der Waals surface area contributed by atoms with Gasteiger partial charge < -0.3 is 14.3 Å². The molecule has 0 bridgehead atoms. The molecule has 12 rings (SSSR count). The van der Waals surface area contributed by atoms with Gasteiger partial charge in [0.1, 0.15) is 11.2 Å². The van der Waals surface area contributed by atoms with Gasteiger partial charge in [-0.05, 0) is 52.3 Å².